The van der Waals surface area contributed by atoms with Gasteiger partial charge in [0.25, 0.3) is 5.91 Å². The predicted molar refractivity (Wildman–Crippen MR) is 93.4 cm³/mol. The molecule has 2 heterocycles. The molecule has 0 unspecified atom stereocenters. The van der Waals surface area contributed by atoms with Crippen molar-refractivity contribution in [2.45, 2.75) is 32.1 Å². The summed E-state index contributed by atoms with van der Waals surface area (Å²) in [5.74, 6) is 0.959. The van der Waals surface area contributed by atoms with Crippen molar-refractivity contribution in [2.75, 3.05) is 5.32 Å². The van der Waals surface area contributed by atoms with Crippen molar-refractivity contribution >= 4 is 22.4 Å². The number of benzene rings is 1. The van der Waals surface area contributed by atoms with E-state index in [9.17, 15) is 4.79 Å². The first-order chi connectivity index (χ1) is 11.7. The topological polar surface area (TPSA) is 68.0 Å². The summed E-state index contributed by atoms with van der Waals surface area (Å²) in [6, 6.07) is 10.0. The second-order valence-corrected chi connectivity index (χ2v) is 6.79. The normalized spacial score (nSPS) is 13.9. The molecule has 6 heteroatoms. The summed E-state index contributed by atoms with van der Waals surface area (Å²) >= 11 is 1.40. The Bertz CT molecular complexity index is 863. The fourth-order valence-electron chi connectivity index (χ4n) is 2.49. The van der Waals surface area contributed by atoms with Crippen LogP contribution in [0.15, 0.2) is 40.2 Å². The largest absolute Gasteiger partial charge is 0.360 e. The number of rotatable bonds is 5. The number of amides is 1. The molecular formula is C18H17N3O2S. The molecule has 0 aliphatic heterocycles. The second-order valence-electron chi connectivity index (χ2n) is 5.93. The average Bonchev–Trinajstić information content (AvgIpc) is 3.16. The van der Waals surface area contributed by atoms with Crippen LogP contribution in [0.3, 0.4) is 0 Å². The molecule has 24 heavy (non-hydrogen) atoms. The maximum atomic E-state index is 12.2. The number of carbonyl (C=O) groups excluding carboxylic acids is 1. The number of aryl methyl sites for hydroxylation is 1. The average molecular weight is 339 g/mol. The van der Waals surface area contributed by atoms with E-state index in [0.717, 1.165) is 36.3 Å². The van der Waals surface area contributed by atoms with E-state index in [1.165, 1.54) is 16.9 Å². The Hall–Kier alpha value is -2.47. The second kappa shape index (κ2) is 6.20. The molecule has 5 nitrogen and oxygen atoms in total. The van der Waals surface area contributed by atoms with Crippen molar-refractivity contribution in [3.8, 4) is 11.3 Å². The van der Waals surface area contributed by atoms with Crippen LogP contribution in [0, 0.1) is 0 Å². The van der Waals surface area contributed by atoms with Crippen molar-refractivity contribution in [2.24, 2.45) is 0 Å². The molecule has 1 amide bonds. The SMILES string of the molecule is CCc1ccc(-c2csc(NC(=O)c3cc(C4CC4)on3)n2)cc1. The van der Waals surface area contributed by atoms with Crippen molar-refractivity contribution in [1.29, 1.82) is 0 Å². The summed E-state index contributed by atoms with van der Waals surface area (Å²) in [6.07, 6.45) is 3.24. The zero-order chi connectivity index (χ0) is 16.5. The monoisotopic (exact) mass is 339 g/mol. The van der Waals surface area contributed by atoms with E-state index in [2.05, 4.69) is 46.6 Å². The number of hydrogen-bond acceptors (Lipinski definition) is 5. The van der Waals surface area contributed by atoms with E-state index < -0.39 is 0 Å². The first-order valence-electron chi connectivity index (χ1n) is 8.05. The Morgan fingerprint density at radius 2 is 2.12 bits per heavy atom. The highest BCUT2D eigenvalue weighted by atomic mass is 32.1. The van der Waals surface area contributed by atoms with Gasteiger partial charge in [-0.15, -0.1) is 11.3 Å². The molecule has 0 spiro atoms. The minimum atomic E-state index is -0.284. The van der Waals surface area contributed by atoms with Gasteiger partial charge in [0.15, 0.2) is 10.8 Å². The molecule has 1 aromatic carbocycles. The Kier molecular flexibility index (Phi) is 3.90. The number of thiazole rings is 1. The molecule has 0 saturated heterocycles. The van der Waals surface area contributed by atoms with Gasteiger partial charge in [-0.1, -0.05) is 36.3 Å². The lowest BCUT2D eigenvalue weighted by Crippen LogP contribution is -2.11. The predicted octanol–water partition coefficient (Wildman–Crippen LogP) is 4.49. The van der Waals surface area contributed by atoms with Gasteiger partial charge in [0.05, 0.1) is 5.69 Å². The molecule has 3 aromatic rings. The zero-order valence-corrected chi connectivity index (χ0v) is 14.1. The molecule has 1 aliphatic carbocycles. The zero-order valence-electron chi connectivity index (χ0n) is 13.3. The number of hydrogen-bond donors (Lipinski definition) is 1. The number of carbonyl (C=O) groups is 1. The molecule has 0 radical (unpaired) electrons. The van der Waals surface area contributed by atoms with Crippen LogP contribution >= 0.6 is 11.3 Å². The molecule has 1 aliphatic rings. The minimum absolute atomic E-state index is 0.284. The van der Waals surface area contributed by atoms with Crippen LogP contribution in [0.25, 0.3) is 11.3 Å². The highest BCUT2D eigenvalue weighted by Crippen LogP contribution is 2.40. The van der Waals surface area contributed by atoms with Gasteiger partial charge >= 0.3 is 0 Å². The smallest absolute Gasteiger partial charge is 0.279 e. The van der Waals surface area contributed by atoms with Gasteiger partial charge in [0.2, 0.25) is 0 Å². The quantitative estimate of drug-likeness (QED) is 0.743. The van der Waals surface area contributed by atoms with Gasteiger partial charge in [0.1, 0.15) is 5.76 Å². The number of nitrogens with one attached hydrogen (secondary N) is 1. The fourth-order valence-corrected chi connectivity index (χ4v) is 3.21. The molecule has 0 bridgehead atoms. The first-order valence-corrected chi connectivity index (χ1v) is 8.93. The Balaban J connectivity index is 1.46. The molecule has 1 N–H and O–H groups in total. The summed E-state index contributed by atoms with van der Waals surface area (Å²) in [6.45, 7) is 2.13. The highest BCUT2D eigenvalue weighted by molar-refractivity contribution is 7.14. The summed E-state index contributed by atoms with van der Waals surface area (Å²) in [5.41, 5.74) is 3.50. The maximum absolute atomic E-state index is 12.2. The molecule has 1 fully saturated rings. The molecule has 122 valence electrons. The van der Waals surface area contributed by atoms with Crippen molar-refractivity contribution in [3.63, 3.8) is 0 Å². The van der Waals surface area contributed by atoms with Gasteiger partial charge in [0, 0.05) is 22.9 Å². The van der Waals surface area contributed by atoms with Gasteiger partial charge in [-0.05, 0) is 24.8 Å². The van der Waals surface area contributed by atoms with E-state index in [4.69, 9.17) is 4.52 Å². The Morgan fingerprint density at radius 3 is 2.83 bits per heavy atom. The third-order valence-electron chi connectivity index (χ3n) is 4.12. The lowest BCUT2D eigenvalue weighted by molar-refractivity contribution is 0.101. The number of anilines is 1. The summed E-state index contributed by atoms with van der Waals surface area (Å²) in [4.78, 5) is 16.7. The van der Waals surface area contributed by atoms with Crippen LogP contribution in [0.5, 0.6) is 0 Å². The molecule has 0 atom stereocenters. The number of nitrogens with zero attached hydrogens (tertiary/aromatic N) is 2. The van der Waals surface area contributed by atoms with Gasteiger partial charge in [-0.25, -0.2) is 4.98 Å². The maximum Gasteiger partial charge on any atom is 0.279 e. The van der Waals surface area contributed by atoms with E-state index in [1.54, 1.807) is 6.07 Å². The molecular weight excluding hydrogens is 322 g/mol. The molecule has 1 saturated carbocycles. The first kappa shape index (κ1) is 15.1. The van der Waals surface area contributed by atoms with Crippen molar-refractivity contribution in [3.05, 3.63) is 52.7 Å². The number of aromatic nitrogens is 2. The van der Waals surface area contributed by atoms with Gasteiger partial charge < -0.3 is 4.52 Å². The standard InChI is InChI=1S/C18H17N3O2S/c1-2-11-3-5-12(6-4-11)15-10-24-18(19-15)20-17(22)14-9-16(23-21-14)13-7-8-13/h3-6,9-10,13H,2,7-8H2,1H3,(H,19,20,22). The van der Waals surface area contributed by atoms with Gasteiger partial charge in [-0.3, -0.25) is 10.1 Å². The van der Waals surface area contributed by atoms with Crippen LogP contribution in [-0.4, -0.2) is 16.0 Å². The van der Waals surface area contributed by atoms with E-state index in [-0.39, 0.29) is 5.91 Å². The highest BCUT2D eigenvalue weighted by Gasteiger charge is 2.29. The summed E-state index contributed by atoms with van der Waals surface area (Å²) in [5, 5.41) is 9.14. The Labute approximate surface area is 143 Å². The van der Waals surface area contributed by atoms with E-state index in [0.29, 0.717) is 16.7 Å². The van der Waals surface area contributed by atoms with Gasteiger partial charge in [-0.2, -0.15) is 0 Å². The Morgan fingerprint density at radius 1 is 1.33 bits per heavy atom. The van der Waals surface area contributed by atoms with E-state index >= 15 is 0 Å². The third-order valence-corrected chi connectivity index (χ3v) is 4.88. The van der Waals surface area contributed by atoms with Crippen LogP contribution < -0.4 is 5.32 Å². The van der Waals surface area contributed by atoms with Crippen molar-refractivity contribution in [1.82, 2.24) is 10.1 Å². The van der Waals surface area contributed by atoms with Crippen LogP contribution in [0.1, 0.15) is 47.5 Å². The lowest BCUT2D eigenvalue weighted by atomic mass is 10.1. The molecule has 4 rings (SSSR count). The summed E-state index contributed by atoms with van der Waals surface area (Å²) < 4.78 is 5.22. The minimum Gasteiger partial charge on any atom is -0.360 e. The van der Waals surface area contributed by atoms with Crippen LogP contribution in [0.4, 0.5) is 5.13 Å². The third kappa shape index (κ3) is 3.10. The van der Waals surface area contributed by atoms with E-state index in [1.807, 2.05) is 5.38 Å². The van der Waals surface area contributed by atoms with Crippen LogP contribution in [0.2, 0.25) is 0 Å². The fraction of sp³-hybridized carbons (Fsp3) is 0.278. The molecule has 2 aromatic heterocycles. The van der Waals surface area contributed by atoms with Crippen LogP contribution in [-0.2, 0) is 6.42 Å². The van der Waals surface area contributed by atoms with Crippen molar-refractivity contribution < 1.29 is 9.32 Å². The summed E-state index contributed by atoms with van der Waals surface area (Å²) in [7, 11) is 0. The lowest BCUT2D eigenvalue weighted by Gasteiger charge is -1.99.